The van der Waals surface area contributed by atoms with Crippen LogP contribution in [0.1, 0.15) is 47.9 Å². The molecule has 0 fully saturated rings. The van der Waals surface area contributed by atoms with Crippen LogP contribution in [0.2, 0.25) is 5.02 Å². The van der Waals surface area contributed by atoms with Gasteiger partial charge >= 0.3 is 0 Å². The fourth-order valence-corrected chi connectivity index (χ4v) is 6.17. The predicted octanol–water partition coefficient (Wildman–Crippen LogP) is 3.05. The first-order valence-corrected chi connectivity index (χ1v) is 11.7. The molecule has 10 heteroatoms. The third-order valence-electron chi connectivity index (χ3n) is 5.86. The van der Waals surface area contributed by atoms with Gasteiger partial charge in [0, 0.05) is 23.9 Å². The topological polar surface area (TPSA) is 124 Å². The number of amidine groups is 1. The van der Waals surface area contributed by atoms with E-state index in [1.165, 1.54) is 6.20 Å². The molecule has 1 aromatic heterocycles. The summed E-state index contributed by atoms with van der Waals surface area (Å²) in [6.07, 6.45) is 1.71. The zero-order valence-corrected chi connectivity index (χ0v) is 18.9. The Morgan fingerprint density at radius 1 is 1.32 bits per heavy atom. The Balaban J connectivity index is 1.73. The number of anilines is 1. The maximum absolute atomic E-state index is 13.2. The number of aromatic nitrogens is 1. The van der Waals surface area contributed by atoms with Crippen LogP contribution in [0, 0.1) is 6.92 Å². The van der Waals surface area contributed by atoms with E-state index in [1.807, 2.05) is 0 Å². The van der Waals surface area contributed by atoms with Crippen molar-refractivity contribution in [3.05, 3.63) is 52.3 Å². The van der Waals surface area contributed by atoms with Gasteiger partial charge in [-0.05, 0) is 50.6 Å². The lowest BCUT2D eigenvalue weighted by Gasteiger charge is -2.37. The van der Waals surface area contributed by atoms with Crippen LogP contribution >= 0.6 is 11.6 Å². The van der Waals surface area contributed by atoms with Gasteiger partial charge in [0.25, 0.3) is 5.91 Å². The number of hydrogen-bond acceptors (Lipinski definition) is 7. The van der Waals surface area contributed by atoms with E-state index in [0.717, 1.165) is 0 Å². The monoisotopic (exact) mass is 462 g/mol. The average Bonchev–Trinajstić information content (AvgIpc) is 2.86. The molecule has 4 rings (SSSR count). The van der Waals surface area contributed by atoms with Crippen LogP contribution in [-0.4, -0.2) is 41.7 Å². The second-order valence-electron chi connectivity index (χ2n) is 8.22. The molecule has 31 heavy (non-hydrogen) atoms. The fraction of sp³-hybridized carbons (Fsp3) is 0.381. The summed E-state index contributed by atoms with van der Waals surface area (Å²) in [7, 11) is -3.61. The van der Waals surface area contributed by atoms with Crippen LogP contribution in [0.15, 0.2) is 35.5 Å². The number of nitrogens with one attached hydrogen (secondary N) is 1. The van der Waals surface area contributed by atoms with Crippen LogP contribution < -0.4 is 15.8 Å². The standard InChI is InChI=1S/C21H23ClN4O4S/c1-11-8-12(22)10-24-17(11)19(27)25-13-4-5-15-14(9-13)18-16(6-7-30-15)31(28,29)21(2,3)20(23)26-18/h4-5,8-10,16,18H,6-7H2,1-3H3,(H2,23,26)(H,25,27). The molecule has 3 heterocycles. The van der Waals surface area contributed by atoms with Crippen molar-refractivity contribution < 1.29 is 17.9 Å². The lowest BCUT2D eigenvalue weighted by atomic mass is 10.00. The van der Waals surface area contributed by atoms with E-state index in [2.05, 4.69) is 15.3 Å². The van der Waals surface area contributed by atoms with Gasteiger partial charge in [0.05, 0.1) is 22.9 Å². The van der Waals surface area contributed by atoms with Crippen molar-refractivity contribution in [2.24, 2.45) is 10.7 Å². The van der Waals surface area contributed by atoms with Gasteiger partial charge in [0.15, 0.2) is 9.84 Å². The molecule has 2 aliphatic heterocycles. The quantitative estimate of drug-likeness (QED) is 0.706. The largest absolute Gasteiger partial charge is 0.493 e. The minimum atomic E-state index is -3.61. The highest BCUT2D eigenvalue weighted by Crippen LogP contribution is 2.44. The molecule has 1 aromatic carbocycles. The first-order valence-electron chi connectivity index (χ1n) is 9.80. The fourth-order valence-electron chi connectivity index (χ4n) is 3.91. The summed E-state index contributed by atoms with van der Waals surface area (Å²) in [4.78, 5) is 21.4. The van der Waals surface area contributed by atoms with Crippen molar-refractivity contribution in [1.29, 1.82) is 0 Å². The summed E-state index contributed by atoms with van der Waals surface area (Å²) in [6.45, 7) is 5.14. The normalized spacial score (nSPS) is 23.4. The summed E-state index contributed by atoms with van der Waals surface area (Å²) < 4.78 is 31.1. The molecule has 164 valence electrons. The van der Waals surface area contributed by atoms with Gasteiger partial charge in [-0.2, -0.15) is 0 Å². The molecule has 0 saturated heterocycles. The molecule has 0 aliphatic carbocycles. The summed E-state index contributed by atoms with van der Waals surface area (Å²) >= 11 is 5.92. The number of ether oxygens (including phenoxy) is 1. The number of benzene rings is 1. The summed E-state index contributed by atoms with van der Waals surface area (Å²) in [6, 6.07) is 6.03. The number of amides is 1. The number of hydrogen-bond donors (Lipinski definition) is 2. The number of carbonyl (C=O) groups excluding carboxylic acids is 1. The van der Waals surface area contributed by atoms with Gasteiger partial charge in [-0.1, -0.05) is 11.6 Å². The lowest BCUT2D eigenvalue weighted by molar-refractivity contribution is 0.102. The van der Waals surface area contributed by atoms with Gasteiger partial charge < -0.3 is 15.8 Å². The van der Waals surface area contributed by atoms with Crippen molar-refractivity contribution >= 4 is 38.9 Å². The molecule has 2 atom stereocenters. The number of pyridine rings is 1. The number of halogens is 1. The molecule has 0 spiro atoms. The van der Waals surface area contributed by atoms with E-state index in [1.54, 1.807) is 45.0 Å². The Hall–Kier alpha value is -2.65. The van der Waals surface area contributed by atoms with Gasteiger partial charge in [-0.3, -0.25) is 9.79 Å². The summed E-state index contributed by atoms with van der Waals surface area (Å²) in [5, 5.41) is 2.49. The van der Waals surface area contributed by atoms with E-state index in [0.29, 0.717) is 34.0 Å². The third-order valence-corrected chi connectivity index (χ3v) is 8.99. The number of fused-ring (bicyclic) bond motifs is 3. The van der Waals surface area contributed by atoms with Gasteiger partial charge in [-0.15, -0.1) is 0 Å². The second kappa shape index (κ2) is 7.49. The molecule has 2 aromatic rings. The third kappa shape index (κ3) is 3.55. The number of rotatable bonds is 2. The Labute approximate surface area is 185 Å². The molecule has 0 bridgehead atoms. The van der Waals surface area contributed by atoms with Crippen LogP contribution in [0.3, 0.4) is 0 Å². The van der Waals surface area contributed by atoms with Crippen LogP contribution in [0.25, 0.3) is 0 Å². The average molecular weight is 463 g/mol. The minimum Gasteiger partial charge on any atom is -0.493 e. The first-order chi connectivity index (χ1) is 14.5. The number of aryl methyl sites for hydroxylation is 1. The second-order valence-corrected chi connectivity index (χ2v) is 11.4. The van der Waals surface area contributed by atoms with Crippen molar-refractivity contribution in [3.63, 3.8) is 0 Å². The summed E-state index contributed by atoms with van der Waals surface area (Å²) in [5.74, 6) is 0.190. The Kier molecular flexibility index (Phi) is 5.21. The highest BCUT2D eigenvalue weighted by molar-refractivity contribution is 7.94. The highest BCUT2D eigenvalue weighted by Gasteiger charge is 2.52. The number of nitrogens with zero attached hydrogens (tertiary/aromatic N) is 2. The smallest absolute Gasteiger partial charge is 0.274 e. The summed E-state index contributed by atoms with van der Waals surface area (Å²) in [5.41, 5.74) is 8.00. The van der Waals surface area contributed by atoms with Crippen molar-refractivity contribution in [2.45, 2.75) is 43.2 Å². The number of sulfone groups is 1. The van der Waals surface area contributed by atoms with E-state index in [-0.39, 0.29) is 18.1 Å². The Bertz CT molecular complexity index is 1210. The van der Waals surface area contributed by atoms with Crippen LogP contribution in [0.5, 0.6) is 5.75 Å². The molecule has 8 nitrogen and oxygen atoms in total. The predicted molar refractivity (Wildman–Crippen MR) is 120 cm³/mol. The van der Waals surface area contributed by atoms with Gasteiger partial charge in [0.2, 0.25) is 0 Å². The van der Waals surface area contributed by atoms with Crippen LogP contribution in [-0.2, 0) is 9.84 Å². The van der Waals surface area contributed by atoms with E-state index < -0.39 is 31.8 Å². The van der Waals surface area contributed by atoms with E-state index in [4.69, 9.17) is 22.1 Å². The lowest BCUT2D eigenvalue weighted by Crippen LogP contribution is -2.54. The van der Waals surface area contributed by atoms with E-state index in [9.17, 15) is 13.2 Å². The zero-order chi connectivity index (χ0) is 22.6. The first kappa shape index (κ1) is 21.6. The molecule has 0 saturated carbocycles. The maximum Gasteiger partial charge on any atom is 0.274 e. The van der Waals surface area contributed by atoms with Gasteiger partial charge in [0.1, 0.15) is 22.0 Å². The molecule has 2 unspecified atom stereocenters. The zero-order valence-electron chi connectivity index (χ0n) is 17.3. The number of aliphatic imine (C=N–C) groups is 1. The van der Waals surface area contributed by atoms with Crippen molar-refractivity contribution in [2.75, 3.05) is 11.9 Å². The SMILES string of the molecule is Cc1cc(Cl)cnc1C(=O)Nc1ccc2c(c1)C1N=C(N)C(C)(C)S(=O)(=O)C1CCO2. The van der Waals surface area contributed by atoms with Crippen LogP contribution in [0.4, 0.5) is 5.69 Å². The Morgan fingerprint density at radius 3 is 2.77 bits per heavy atom. The molecule has 2 aliphatic rings. The molecule has 1 amide bonds. The Morgan fingerprint density at radius 2 is 2.06 bits per heavy atom. The molecule has 3 N–H and O–H groups in total. The van der Waals surface area contributed by atoms with E-state index >= 15 is 0 Å². The number of nitrogens with two attached hydrogens (primary N) is 1. The van der Waals surface area contributed by atoms with Crippen molar-refractivity contribution in [3.8, 4) is 5.75 Å². The molecule has 0 radical (unpaired) electrons. The maximum atomic E-state index is 13.2. The minimum absolute atomic E-state index is 0.0667. The molecular formula is C21H23ClN4O4S. The van der Waals surface area contributed by atoms with Crippen molar-refractivity contribution in [1.82, 2.24) is 4.98 Å². The number of carbonyl (C=O) groups is 1. The van der Waals surface area contributed by atoms with Gasteiger partial charge in [-0.25, -0.2) is 13.4 Å². The molecular weight excluding hydrogens is 440 g/mol. The highest BCUT2D eigenvalue weighted by atomic mass is 35.5.